The number of aromatic nitrogens is 1. The lowest BCUT2D eigenvalue weighted by atomic mass is 9.91. The van der Waals surface area contributed by atoms with Gasteiger partial charge in [-0.3, -0.25) is 19.0 Å². The number of fused-ring (bicyclic) bond motifs is 1. The van der Waals surface area contributed by atoms with Gasteiger partial charge in [0.25, 0.3) is 17.4 Å². The van der Waals surface area contributed by atoms with Gasteiger partial charge < -0.3 is 15.0 Å². The average Bonchev–Trinajstić information content (AvgIpc) is 2.75. The molecule has 31 heavy (non-hydrogen) atoms. The van der Waals surface area contributed by atoms with Gasteiger partial charge in [-0.2, -0.15) is 0 Å². The number of halogens is 1. The van der Waals surface area contributed by atoms with E-state index < -0.39 is 17.5 Å². The lowest BCUT2D eigenvalue weighted by molar-refractivity contribution is -0.141. The van der Waals surface area contributed by atoms with Crippen molar-refractivity contribution in [1.29, 1.82) is 0 Å². The van der Waals surface area contributed by atoms with Crippen molar-refractivity contribution >= 4 is 11.8 Å². The molecule has 1 aliphatic carbocycles. The zero-order chi connectivity index (χ0) is 22.1. The van der Waals surface area contributed by atoms with Gasteiger partial charge in [0.1, 0.15) is 17.5 Å². The standard InChI is InChI=1S/C23H26FN3O4/c1-14(31-2)22(29)26-11-10-19-15(12-26)13-27(18-8-6-16(24)7-9-18)23(30)20(19)21(28)25-17-4-3-5-17/h6-9,13-14,17H,3-5,10-12H2,1-2H3,(H,25,28). The van der Waals surface area contributed by atoms with Crippen LogP contribution in [-0.2, 0) is 22.5 Å². The molecule has 0 spiro atoms. The van der Waals surface area contributed by atoms with E-state index in [1.165, 1.54) is 35.9 Å². The Labute approximate surface area is 179 Å². The van der Waals surface area contributed by atoms with Crippen LogP contribution in [0.2, 0.25) is 0 Å². The van der Waals surface area contributed by atoms with E-state index in [4.69, 9.17) is 4.74 Å². The van der Waals surface area contributed by atoms with Crippen molar-refractivity contribution < 1.29 is 18.7 Å². The number of hydrogen-bond donors (Lipinski definition) is 1. The minimum Gasteiger partial charge on any atom is -0.372 e. The molecule has 2 aliphatic rings. The molecule has 1 aromatic heterocycles. The maximum atomic E-state index is 13.4. The fraction of sp³-hybridized carbons (Fsp3) is 0.435. The number of nitrogens with one attached hydrogen (secondary N) is 1. The van der Waals surface area contributed by atoms with Gasteiger partial charge in [0, 0.05) is 38.1 Å². The second kappa shape index (κ2) is 8.63. The zero-order valence-corrected chi connectivity index (χ0v) is 17.7. The molecule has 0 saturated heterocycles. The van der Waals surface area contributed by atoms with Crippen LogP contribution in [0.25, 0.3) is 5.69 Å². The van der Waals surface area contributed by atoms with Crippen molar-refractivity contribution in [2.24, 2.45) is 0 Å². The molecule has 1 atom stereocenters. The normalized spacial score (nSPS) is 16.9. The van der Waals surface area contributed by atoms with Gasteiger partial charge in [0.05, 0.1) is 0 Å². The monoisotopic (exact) mass is 427 g/mol. The minimum atomic E-state index is -0.578. The fourth-order valence-electron chi connectivity index (χ4n) is 4.04. The van der Waals surface area contributed by atoms with Gasteiger partial charge >= 0.3 is 0 Å². The SMILES string of the molecule is COC(C)C(=O)N1CCc2c(cn(-c3ccc(F)cc3)c(=O)c2C(=O)NC2CCC2)C1. The lowest BCUT2D eigenvalue weighted by Gasteiger charge is -2.32. The summed E-state index contributed by atoms with van der Waals surface area (Å²) >= 11 is 0. The van der Waals surface area contributed by atoms with Crippen molar-refractivity contribution in [2.45, 2.75) is 51.3 Å². The smallest absolute Gasteiger partial charge is 0.268 e. The Morgan fingerprint density at radius 3 is 2.55 bits per heavy atom. The first-order valence-corrected chi connectivity index (χ1v) is 10.5. The number of benzene rings is 1. The second-order valence-corrected chi connectivity index (χ2v) is 8.15. The molecule has 2 aromatic rings. The van der Waals surface area contributed by atoms with Crippen LogP contribution in [0.1, 0.15) is 47.7 Å². The molecule has 1 aliphatic heterocycles. The quantitative estimate of drug-likeness (QED) is 0.793. The first-order chi connectivity index (χ1) is 14.9. The molecule has 1 saturated carbocycles. The molecular weight excluding hydrogens is 401 g/mol. The van der Waals surface area contributed by atoms with Crippen LogP contribution in [0.4, 0.5) is 4.39 Å². The summed E-state index contributed by atoms with van der Waals surface area (Å²) in [5, 5.41) is 2.96. The molecule has 2 amide bonds. The highest BCUT2D eigenvalue weighted by Gasteiger charge is 2.31. The van der Waals surface area contributed by atoms with Crippen molar-refractivity contribution in [3.05, 3.63) is 63.3 Å². The van der Waals surface area contributed by atoms with Crippen LogP contribution in [-0.4, -0.2) is 47.1 Å². The number of pyridine rings is 1. The topological polar surface area (TPSA) is 80.6 Å². The molecule has 7 nitrogen and oxygen atoms in total. The Hall–Kier alpha value is -3.00. The third-order valence-corrected chi connectivity index (χ3v) is 6.19. The minimum absolute atomic E-state index is 0.0891. The van der Waals surface area contributed by atoms with Gasteiger partial charge in [0.2, 0.25) is 0 Å². The summed E-state index contributed by atoms with van der Waals surface area (Å²) in [6, 6.07) is 5.62. The van der Waals surface area contributed by atoms with Crippen LogP contribution in [0, 0.1) is 5.82 Å². The molecular formula is C23H26FN3O4. The Balaban J connectivity index is 1.78. The molecule has 164 valence electrons. The summed E-state index contributed by atoms with van der Waals surface area (Å²) in [6.45, 7) is 2.37. The van der Waals surface area contributed by atoms with Crippen molar-refractivity contribution in [3.63, 3.8) is 0 Å². The summed E-state index contributed by atoms with van der Waals surface area (Å²) in [5.74, 6) is -0.941. The third-order valence-electron chi connectivity index (χ3n) is 6.19. The van der Waals surface area contributed by atoms with E-state index in [0.29, 0.717) is 24.2 Å². The third kappa shape index (κ3) is 4.12. The lowest BCUT2D eigenvalue weighted by Crippen LogP contribution is -2.46. The van der Waals surface area contributed by atoms with Crippen LogP contribution in [0.3, 0.4) is 0 Å². The molecule has 1 fully saturated rings. The highest BCUT2D eigenvalue weighted by atomic mass is 19.1. The van der Waals surface area contributed by atoms with E-state index in [-0.39, 0.29) is 30.0 Å². The summed E-state index contributed by atoms with van der Waals surface area (Å²) < 4.78 is 19.9. The number of hydrogen-bond acceptors (Lipinski definition) is 4. The Kier molecular flexibility index (Phi) is 5.91. The van der Waals surface area contributed by atoms with E-state index in [9.17, 15) is 18.8 Å². The number of methoxy groups -OCH3 is 1. The molecule has 0 radical (unpaired) electrons. The van der Waals surface area contributed by atoms with E-state index >= 15 is 0 Å². The van der Waals surface area contributed by atoms with Crippen LogP contribution >= 0.6 is 0 Å². The summed E-state index contributed by atoms with van der Waals surface area (Å²) in [7, 11) is 1.48. The van der Waals surface area contributed by atoms with E-state index in [0.717, 1.165) is 24.8 Å². The molecule has 1 N–H and O–H groups in total. The number of amides is 2. The van der Waals surface area contributed by atoms with Gasteiger partial charge in [-0.1, -0.05) is 0 Å². The molecule has 1 aromatic carbocycles. The number of nitrogens with zero attached hydrogens (tertiary/aromatic N) is 2. The molecule has 4 rings (SSSR count). The van der Waals surface area contributed by atoms with Crippen LogP contribution in [0.5, 0.6) is 0 Å². The van der Waals surface area contributed by atoms with Crippen molar-refractivity contribution in [2.75, 3.05) is 13.7 Å². The van der Waals surface area contributed by atoms with Gasteiger partial charge in [-0.05, 0) is 68.0 Å². The predicted octanol–water partition coefficient (Wildman–Crippen LogP) is 2.18. The average molecular weight is 427 g/mol. The maximum Gasteiger partial charge on any atom is 0.268 e. The number of carbonyl (C=O) groups is 2. The first kappa shape index (κ1) is 21.2. The predicted molar refractivity (Wildman–Crippen MR) is 113 cm³/mol. The summed E-state index contributed by atoms with van der Waals surface area (Å²) in [6.07, 6.45) is 4.36. The second-order valence-electron chi connectivity index (χ2n) is 8.15. The zero-order valence-electron chi connectivity index (χ0n) is 17.7. The maximum absolute atomic E-state index is 13.4. The number of ether oxygens (including phenoxy) is 1. The van der Waals surface area contributed by atoms with Gasteiger partial charge in [-0.15, -0.1) is 0 Å². The molecule has 8 heteroatoms. The Bertz CT molecular complexity index is 1060. The van der Waals surface area contributed by atoms with Crippen LogP contribution < -0.4 is 10.9 Å². The summed E-state index contributed by atoms with van der Waals surface area (Å²) in [5.41, 5.74) is 1.54. The first-order valence-electron chi connectivity index (χ1n) is 10.5. The molecule has 2 heterocycles. The van der Waals surface area contributed by atoms with E-state index in [2.05, 4.69) is 5.32 Å². The van der Waals surface area contributed by atoms with Crippen molar-refractivity contribution in [3.8, 4) is 5.69 Å². The van der Waals surface area contributed by atoms with Crippen LogP contribution in [0.15, 0.2) is 35.3 Å². The highest BCUT2D eigenvalue weighted by molar-refractivity contribution is 5.96. The number of carbonyl (C=O) groups excluding carboxylic acids is 2. The molecule has 1 unspecified atom stereocenters. The van der Waals surface area contributed by atoms with E-state index in [1.807, 2.05) is 0 Å². The van der Waals surface area contributed by atoms with Gasteiger partial charge in [0.15, 0.2) is 0 Å². The number of rotatable bonds is 5. The van der Waals surface area contributed by atoms with Crippen molar-refractivity contribution in [1.82, 2.24) is 14.8 Å². The molecule has 0 bridgehead atoms. The highest BCUT2D eigenvalue weighted by Crippen LogP contribution is 2.24. The fourth-order valence-corrected chi connectivity index (χ4v) is 4.04. The van der Waals surface area contributed by atoms with E-state index in [1.54, 1.807) is 18.0 Å². The van der Waals surface area contributed by atoms with Gasteiger partial charge in [-0.25, -0.2) is 4.39 Å². The Morgan fingerprint density at radius 1 is 1.23 bits per heavy atom. The Morgan fingerprint density at radius 2 is 1.94 bits per heavy atom. The summed E-state index contributed by atoms with van der Waals surface area (Å²) in [4.78, 5) is 40.7. The largest absolute Gasteiger partial charge is 0.372 e.